The third kappa shape index (κ3) is 10.2. The Morgan fingerprint density at radius 3 is 2.21 bits per heavy atom. The first kappa shape index (κ1) is 34.7. The highest BCUT2D eigenvalue weighted by molar-refractivity contribution is 7.88. The number of nitrogens with zero attached hydrogens (tertiary/aromatic N) is 2. The molecule has 0 aliphatic heterocycles. The van der Waals surface area contributed by atoms with Gasteiger partial charge in [-0.25, -0.2) is 22.6 Å². The van der Waals surface area contributed by atoms with Gasteiger partial charge in [0.15, 0.2) is 11.6 Å². The number of benzene rings is 2. The first-order valence-electron chi connectivity index (χ1n) is 16.6. The fourth-order valence-corrected chi connectivity index (χ4v) is 7.74. The second-order valence-corrected chi connectivity index (χ2v) is 14.1. The van der Waals surface area contributed by atoms with Gasteiger partial charge in [0.2, 0.25) is 10.0 Å². The number of amides is 1. The molecular formula is C35H46N4O7S. The molecule has 2 N–H and O–H groups in total. The lowest BCUT2D eigenvalue weighted by Gasteiger charge is -2.32. The molecule has 1 amide bonds. The number of sulfonamides is 1. The Bertz CT molecular complexity index is 1550. The quantitative estimate of drug-likeness (QED) is 0.217. The fraction of sp³-hybridized carbons (Fsp3) is 0.514. The van der Waals surface area contributed by atoms with Crippen molar-refractivity contribution in [3.63, 3.8) is 0 Å². The van der Waals surface area contributed by atoms with Crippen LogP contribution in [0.2, 0.25) is 0 Å². The zero-order valence-electron chi connectivity index (χ0n) is 27.0. The third-order valence-corrected chi connectivity index (χ3v) is 10.0. The van der Waals surface area contributed by atoms with Gasteiger partial charge >= 0.3 is 5.97 Å². The number of rotatable bonds is 15. The number of ether oxygens (including phenoxy) is 3. The summed E-state index contributed by atoms with van der Waals surface area (Å²) in [6, 6.07) is 20.4. The highest BCUT2D eigenvalue weighted by atomic mass is 32.2. The smallest absolute Gasteiger partial charge is 0.358 e. The van der Waals surface area contributed by atoms with Crippen molar-refractivity contribution >= 4 is 21.9 Å². The molecular weight excluding hydrogens is 620 g/mol. The molecule has 5 rings (SSSR count). The molecule has 12 heteroatoms. The van der Waals surface area contributed by atoms with E-state index in [9.17, 15) is 18.0 Å². The number of hydrogen-bond acceptors (Lipinski definition) is 8. The molecule has 1 heterocycles. The van der Waals surface area contributed by atoms with Crippen molar-refractivity contribution < 1.29 is 32.2 Å². The monoisotopic (exact) mass is 666 g/mol. The van der Waals surface area contributed by atoms with Gasteiger partial charge in [0.05, 0.1) is 38.6 Å². The number of hydrogen-bond donors (Lipinski definition) is 2. The summed E-state index contributed by atoms with van der Waals surface area (Å²) in [5.74, 6) is -1.86. The van der Waals surface area contributed by atoms with Crippen molar-refractivity contribution in [1.82, 2.24) is 19.8 Å². The van der Waals surface area contributed by atoms with Crippen molar-refractivity contribution in [1.29, 1.82) is 0 Å². The van der Waals surface area contributed by atoms with E-state index >= 15 is 0 Å². The molecule has 47 heavy (non-hydrogen) atoms. The second kappa shape index (κ2) is 17.0. The highest BCUT2D eigenvalue weighted by Crippen LogP contribution is 2.27. The van der Waals surface area contributed by atoms with Gasteiger partial charge in [-0.2, -0.15) is 5.10 Å². The Labute approximate surface area is 277 Å². The van der Waals surface area contributed by atoms with Gasteiger partial charge in [-0.05, 0) is 49.7 Å². The van der Waals surface area contributed by atoms with E-state index in [1.165, 1.54) is 6.07 Å². The predicted molar refractivity (Wildman–Crippen MR) is 177 cm³/mol. The Kier molecular flexibility index (Phi) is 12.6. The van der Waals surface area contributed by atoms with E-state index in [-0.39, 0.29) is 42.1 Å². The number of carbonyl (C=O) groups excluding carboxylic acids is 2. The summed E-state index contributed by atoms with van der Waals surface area (Å²) in [6.45, 7) is 3.09. The second-order valence-electron chi connectivity index (χ2n) is 12.3. The lowest BCUT2D eigenvalue weighted by molar-refractivity contribution is -0.00471. The number of aromatic nitrogens is 2. The summed E-state index contributed by atoms with van der Waals surface area (Å²) in [5, 5.41) is 7.27. The predicted octanol–water partition coefficient (Wildman–Crippen LogP) is 4.97. The van der Waals surface area contributed by atoms with Crippen LogP contribution in [0.3, 0.4) is 0 Å². The molecule has 2 aliphatic rings. The molecule has 0 spiro atoms. The minimum Gasteiger partial charge on any atom is -0.461 e. The van der Waals surface area contributed by atoms with Gasteiger partial charge in [0.25, 0.3) is 5.91 Å². The summed E-state index contributed by atoms with van der Waals surface area (Å²) in [5.41, 5.74) is 1.94. The third-order valence-electron chi connectivity index (χ3n) is 8.80. The fourth-order valence-electron chi connectivity index (χ4n) is 6.38. The van der Waals surface area contributed by atoms with E-state index in [2.05, 4.69) is 15.1 Å². The van der Waals surface area contributed by atoms with E-state index in [0.717, 1.165) is 60.8 Å². The molecule has 1 aromatic heterocycles. The van der Waals surface area contributed by atoms with Crippen LogP contribution < -0.4 is 10.0 Å². The van der Waals surface area contributed by atoms with Crippen LogP contribution in [0.25, 0.3) is 0 Å². The van der Waals surface area contributed by atoms with Crippen LogP contribution in [0.1, 0.15) is 90.4 Å². The molecule has 0 saturated heterocycles. The van der Waals surface area contributed by atoms with Gasteiger partial charge in [-0.15, -0.1) is 0 Å². The van der Waals surface area contributed by atoms with E-state index in [4.69, 9.17) is 14.2 Å². The van der Waals surface area contributed by atoms with Crippen molar-refractivity contribution in [2.75, 3.05) is 13.2 Å². The maximum absolute atomic E-state index is 13.7. The molecule has 254 valence electrons. The van der Waals surface area contributed by atoms with Crippen molar-refractivity contribution in [2.24, 2.45) is 5.92 Å². The SMILES string of the molecule is CCOC(=O)c1cc(C(=O)N[C@H]2CCCC[C@@H]2OCc2ccccc2)n(CS(=O)(=O)N[C@H]2CCCC[C@@H]2COCc2ccccc2)n1. The summed E-state index contributed by atoms with van der Waals surface area (Å²) < 4.78 is 48.4. The molecule has 2 aromatic carbocycles. The Hall–Kier alpha value is -3.58. The minimum atomic E-state index is -3.97. The normalized spacial score (nSPS) is 21.6. The van der Waals surface area contributed by atoms with Gasteiger partial charge in [0.1, 0.15) is 5.69 Å². The van der Waals surface area contributed by atoms with Crippen LogP contribution in [0.5, 0.6) is 0 Å². The lowest BCUT2D eigenvalue weighted by Crippen LogP contribution is -2.47. The van der Waals surface area contributed by atoms with Gasteiger partial charge in [0, 0.05) is 12.1 Å². The van der Waals surface area contributed by atoms with Crippen LogP contribution in [0.15, 0.2) is 66.7 Å². The van der Waals surface area contributed by atoms with Gasteiger partial charge < -0.3 is 19.5 Å². The highest BCUT2D eigenvalue weighted by Gasteiger charge is 2.32. The van der Waals surface area contributed by atoms with Crippen molar-refractivity contribution in [3.8, 4) is 0 Å². The Balaban J connectivity index is 1.26. The zero-order valence-corrected chi connectivity index (χ0v) is 27.8. The average Bonchev–Trinajstić information content (AvgIpc) is 3.49. The Morgan fingerprint density at radius 2 is 1.51 bits per heavy atom. The minimum absolute atomic E-state index is 0.0110. The molecule has 11 nitrogen and oxygen atoms in total. The maximum Gasteiger partial charge on any atom is 0.358 e. The van der Waals surface area contributed by atoms with Gasteiger partial charge in [-0.3, -0.25) is 4.79 Å². The summed E-state index contributed by atoms with van der Waals surface area (Å²) >= 11 is 0. The van der Waals surface area contributed by atoms with Crippen LogP contribution >= 0.6 is 0 Å². The van der Waals surface area contributed by atoms with Gasteiger partial charge in [-0.1, -0.05) is 86.3 Å². The molecule has 0 radical (unpaired) electrons. The largest absolute Gasteiger partial charge is 0.461 e. The number of carbonyl (C=O) groups is 2. The van der Waals surface area contributed by atoms with Crippen LogP contribution in [-0.2, 0) is 43.3 Å². The molecule has 0 bridgehead atoms. The maximum atomic E-state index is 13.7. The molecule has 4 atom stereocenters. The number of nitrogens with one attached hydrogen (secondary N) is 2. The standard InChI is InChI=1S/C35H46N4O7S/c1-2-45-35(41)31-21-32(34(40)36-30-19-11-12-20-33(30)46-23-27-15-7-4-8-16-27)39(37-31)25-47(42,43)38-29-18-10-9-17-28(29)24-44-22-26-13-5-3-6-14-26/h3-8,13-16,21,28-30,33,38H,2,9-12,17-20,22-25H2,1H3,(H,36,40)/t28-,29+,30+,33+/m1/s1. The van der Waals surface area contributed by atoms with E-state index in [1.54, 1.807) is 6.92 Å². The molecule has 2 saturated carbocycles. The van der Waals surface area contributed by atoms with E-state index < -0.39 is 27.8 Å². The topological polar surface area (TPSA) is 138 Å². The number of esters is 1. The van der Waals surface area contributed by atoms with Crippen LogP contribution in [0.4, 0.5) is 0 Å². The summed E-state index contributed by atoms with van der Waals surface area (Å²) in [6.07, 6.45) is 6.66. The summed E-state index contributed by atoms with van der Waals surface area (Å²) in [7, 11) is -3.97. The summed E-state index contributed by atoms with van der Waals surface area (Å²) in [4.78, 5) is 26.3. The molecule has 0 unspecified atom stereocenters. The van der Waals surface area contributed by atoms with E-state index in [0.29, 0.717) is 26.2 Å². The van der Waals surface area contributed by atoms with Crippen molar-refractivity contribution in [2.45, 2.75) is 95.6 Å². The average molecular weight is 667 g/mol. The first-order chi connectivity index (χ1) is 22.8. The molecule has 3 aromatic rings. The Morgan fingerprint density at radius 1 is 0.872 bits per heavy atom. The van der Waals surface area contributed by atoms with Crippen molar-refractivity contribution in [3.05, 3.63) is 89.2 Å². The van der Waals surface area contributed by atoms with Crippen LogP contribution in [0, 0.1) is 5.92 Å². The zero-order chi connectivity index (χ0) is 33.1. The molecule has 2 fully saturated rings. The lowest BCUT2D eigenvalue weighted by atomic mass is 9.86. The van der Waals surface area contributed by atoms with Crippen LogP contribution in [-0.4, -0.2) is 61.5 Å². The van der Waals surface area contributed by atoms with E-state index in [1.807, 2.05) is 60.7 Å². The molecule has 2 aliphatic carbocycles. The first-order valence-corrected chi connectivity index (χ1v) is 18.3.